The fourth-order valence-electron chi connectivity index (χ4n) is 3.55. The highest BCUT2D eigenvalue weighted by atomic mass is 19.4. The summed E-state index contributed by atoms with van der Waals surface area (Å²) in [5.41, 5.74) is -0.0634. The van der Waals surface area contributed by atoms with Crippen LogP contribution in [0.2, 0.25) is 0 Å². The third-order valence-corrected chi connectivity index (χ3v) is 6.30. The molecule has 46 heavy (non-hydrogen) atoms. The second-order valence-electron chi connectivity index (χ2n) is 9.80. The molecule has 0 aliphatic heterocycles. The van der Waals surface area contributed by atoms with Crippen LogP contribution in [0.4, 0.5) is 65.9 Å². The molecule has 1 amide bonds. The van der Waals surface area contributed by atoms with Crippen molar-refractivity contribution in [2.24, 2.45) is 0 Å². The Morgan fingerprint density at radius 1 is 0.696 bits per heavy atom. The molecule has 0 heterocycles. The van der Waals surface area contributed by atoms with Crippen LogP contribution in [0.25, 0.3) is 0 Å². The standard InChI is InChI=1S/C25H24F15NO5/c1-2-3-4-5-6-7-16(42)41-15(17(43)44)12-13-8-10-14(11-9-13)46-18(45)19(26,27)20(28,29)21(30,31)22(32,33)23(34,35)24(36,37)25(38,39)40/h8-11,15H,2-7,12H2,1H3,(H,41,42)(H,43,44). The minimum absolute atomic E-state index is 0.0331. The van der Waals surface area contributed by atoms with E-state index in [0.717, 1.165) is 31.4 Å². The number of carbonyl (C=O) groups excluding carboxylic acids is 2. The Balaban J connectivity index is 3.13. The largest absolute Gasteiger partial charge is 0.480 e. The average Bonchev–Trinajstić information content (AvgIpc) is 2.92. The van der Waals surface area contributed by atoms with Crippen molar-refractivity contribution in [1.82, 2.24) is 5.32 Å². The first kappa shape index (κ1) is 40.6. The molecule has 0 aliphatic carbocycles. The molecule has 1 atom stereocenters. The van der Waals surface area contributed by atoms with Gasteiger partial charge in [-0.05, 0) is 24.1 Å². The van der Waals surface area contributed by atoms with E-state index in [0.29, 0.717) is 25.0 Å². The molecule has 6 nitrogen and oxygen atoms in total. The van der Waals surface area contributed by atoms with Crippen molar-refractivity contribution in [3.8, 4) is 5.75 Å². The molecule has 1 rings (SSSR count). The van der Waals surface area contributed by atoms with Crippen LogP contribution in [0.5, 0.6) is 5.75 Å². The molecule has 264 valence electrons. The molecule has 1 aromatic carbocycles. The van der Waals surface area contributed by atoms with Crippen LogP contribution in [0.1, 0.15) is 51.0 Å². The Kier molecular flexibility index (Phi) is 12.5. The minimum Gasteiger partial charge on any atom is -0.480 e. The summed E-state index contributed by atoms with van der Waals surface area (Å²) < 4.78 is 203. The van der Waals surface area contributed by atoms with Gasteiger partial charge in [0.15, 0.2) is 0 Å². The normalized spacial score (nSPS) is 14.5. The van der Waals surface area contributed by atoms with Gasteiger partial charge in [-0.25, -0.2) is 9.59 Å². The number of carbonyl (C=O) groups is 3. The van der Waals surface area contributed by atoms with Crippen LogP contribution in [0.3, 0.4) is 0 Å². The smallest absolute Gasteiger partial charge is 0.460 e. The van der Waals surface area contributed by atoms with E-state index in [-0.39, 0.29) is 12.0 Å². The Hall–Kier alpha value is -3.42. The van der Waals surface area contributed by atoms with Gasteiger partial charge in [-0.2, -0.15) is 65.9 Å². The van der Waals surface area contributed by atoms with Crippen molar-refractivity contribution in [3.05, 3.63) is 29.8 Å². The first-order valence-corrected chi connectivity index (χ1v) is 12.8. The Labute approximate surface area is 249 Å². The molecule has 0 saturated heterocycles. The van der Waals surface area contributed by atoms with Crippen molar-refractivity contribution < 1.29 is 90.1 Å². The van der Waals surface area contributed by atoms with Gasteiger partial charge in [-0.3, -0.25) is 4.79 Å². The number of hydrogen-bond donors (Lipinski definition) is 2. The zero-order valence-corrected chi connectivity index (χ0v) is 23.1. The molecule has 2 N–H and O–H groups in total. The van der Waals surface area contributed by atoms with Crippen molar-refractivity contribution in [3.63, 3.8) is 0 Å². The van der Waals surface area contributed by atoms with Gasteiger partial charge in [-0.15, -0.1) is 0 Å². The van der Waals surface area contributed by atoms with Crippen LogP contribution >= 0.6 is 0 Å². The van der Waals surface area contributed by atoms with Crippen LogP contribution in [0, 0.1) is 0 Å². The summed E-state index contributed by atoms with van der Waals surface area (Å²) in [5, 5.41) is 11.5. The highest BCUT2D eigenvalue weighted by Crippen LogP contribution is 2.62. The number of amides is 1. The number of halogens is 15. The lowest BCUT2D eigenvalue weighted by Gasteiger charge is -2.40. The summed E-state index contributed by atoms with van der Waals surface area (Å²) in [6.07, 6.45) is -4.51. The molecule has 0 fully saturated rings. The quantitative estimate of drug-likeness (QED) is 0.0762. The number of carboxylic acids is 1. The van der Waals surface area contributed by atoms with Crippen LogP contribution in [-0.4, -0.2) is 70.7 Å². The lowest BCUT2D eigenvalue weighted by Crippen LogP contribution is -2.73. The zero-order chi connectivity index (χ0) is 36.2. The average molecular weight is 703 g/mol. The molecule has 1 unspecified atom stereocenters. The highest BCUT2D eigenvalue weighted by Gasteiger charge is 2.94. The third kappa shape index (κ3) is 7.92. The van der Waals surface area contributed by atoms with E-state index in [2.05, 4.69) is 10.1 Å². The molecule has 1 aromatic rings. The number of unbranched alkanes of at least 4 members (excludes halogenated alkanes) is 4. The molecular formula is C25H24F15NO5. The van der Waals surface area contributed by atoms with Gasteiger partial charge in [-0.1, -0.05) is 44.7 Å². The fraction of sp³-hybridized carbons (Fsp3) is 0.640. The SMILES string of the molecule is CCCCCCCC(=O)NC(Cc1ccc(OC(=O)C(F)(F)C(F)(F)C(F)(F)C(F)(F)C(F)(F)C(F)(F)C(F)(F)F)cc1)C(=O)O. The topological polar surface area (TPSA) is 92.7 Å². The van der Waals surface area contributed by atoms with Gasteiger partial charge in [0.1, 0.15) is 11.8 Å². The number of nitrogens with one attached hydrogen (secondary N) is 1. The maximum Gasteiger partial charge on any atom is 0.460 e. The van der Waals surface area contributed by atoms with Gasteiger partial charge in [0.05, 0.1) is 0 Å². The van der Waals surface area contributed by atoms with Crippen molar-refractivity contribution in [2.75, 3.05) is 0 Å². The summed E-state index contributed by atoms with van der Waals surface area (Å²) in [5.74, 6) is -56.3. The second kappa shape index (κ2) is 14.1. The summed E-state index contributed by atoms with van der Waals surface area (Å²) in [4.78, 5) is 35.1. The van der Waals surface area contributed by atoms with Crippen molar-refractivity contribution in [2.45, 2.75) is 99.6 Å². The predicted molar refractivity (Wildman–Crippen MR) is 124 cm³/mol. The van der Waals surface area contributed by atoms with E-state index >= 15 is 0 Å². The molecule has 0 aromatic heterocycles. The number of carboxylic acid groups (broad SMARTS) is 1. The van der Waals surface area contributed by atoms with Gasteiger partial charge in [0, 0.05) is 12.8 Å². The lowest BCUT2D eigenvalue weighted by atomic mass is 9.91. The van der Waals surface area contributed by atoms with Gasteiger partial charge in [0.25, 0.3) is 0 Å². The van der Waals surface area contributed by atoms with Gasteiger partial charge < -0.3 is 15.2 Å². The first-order chi connectivity index (χ1) is 20.6. The maximum atomic E-state index is 14.0. The van der Waals surface area contributed by atoms with Crippen LogP contribution in [-0.2, 0) is 20.8 Å². The number of rotatable bonds is 17. The Morgan fingerprint density at radius 2 is 1.15 bits per heavy atom. The minimum atomic E-state index is -8.56. The zero-order valence-electron chi connectivity index (χ0n) is 23.1. The summed E-state index contributed by atoms with van der Waals surface area (Å²) >= 11 is 0. The summed E-state index contributed by atoms with van der Waals surface area (Å²) in [6, 6.07) is 0.857. The molecule has 0 saturated carbocycles. The number of ether oxygens (including phenoxy) is 1. The molecule has 0 bridgehead atoms. The number of benzene rings is 1. The molecular weight excluding hydrogens is 679 g/mol. The van der Waals surface area contributed by atoms with E-state index in [1.54, 1.807) is 0 Å². The van der Waals surface area contributed by atoms with Crippen molar-refractivity contribution >= 4 is 17.8 Å². The monoisotopic (exact) mass is 703 g/mol. The van der Waals surface area contributed by atoms with E-state index in [1.807, 2.05) is 6.92 Å². The number of esters is 1. The Morgan fingerprint density at radius 3 is 1.61 bits per heavy atom. The molecule has 0 spiro atoms. The predicted octanol–water partition coefficient (Wildman–Crippen LogP) is 7.44. The first-order valence-electron chi connectivity index (χ1n) is 12.8. The number of aliphatic carboxylic acids is 1. The lowest BCUT2D eigenvalue weighted by molar-refractivity contribution is -0.450. The molecule has 21 heteroatoms. The van der Waals surface area contributed by atoms with Gasteiger partial charge in [0.2, 0.25) is 5.91 Å². The highest BCUT2D eigenvalue weighted by molar-refractivity contribution is 5.84. The van der Waals surface area contributed by atoms with E-state index in [4.69, 9.17) is 0 Å². The summed E-state index contributed by atoms with van der Waals surface area (Å²) in [6.45, 7) is 1.95. The molecule has 0 radical (unpaired) electrons. The number of hydrogen-bond acceptors (Lipinski definition) is 4. The maximum absolute atomic E-state index is 14.0. The van der Waals surface area contributed by atoms with Gasteiger partial charge >= 0.3 is 53.7 Å². The third-order valence-electron chi connectivity index (χ3n) is 6.30. The van der Waals surface area contributed by atoms with E-state index in [1.165, 1.54) is 0 Å². The van der Waals surface area contributed by atoms with Crippen LogP contribution in [0.15, 0.2) is 24.3 Å². The summed E-state index contributed by atoms with van der Waals surface area (Å²) in [7, 11) is 0. The van der Waals surface area contributed by atoms with E-state index in [9.17, 15) is 85.3 Å². The van der Waals surface area contributed by atoms with Crippen LogP contribution < -0.4 is 10.1 Å². The Bertz CT molecular complexity index is 1220. The van der Waals surface area contributed by atoms with E-state index < -0.39 is 77.8 Å². The van der Waals surface area contributed by atoms with Crippen molar-refractivity contribution in [1.29, 1.82) is 0 Å². The second-order valence-corrected chi connectivity index (χ2v) is 9.80. The number of alkyl halides is 15. The molecule has 0 aliphatic rings. The fourth-order valence-corrected chi connectivity index (χ4v) is 3.55.